The Labute approximate surface area is 114 Å². The molecule has 0 saturated heterocycles. The molecule has 0 atom stereocenters. The van der Waals surface area contributed by atoms with Gasteiger partial charge in [-0.2, -0.15) is 0 Å². The average molecular weight is 280 g/mol. The van der Waals surface area contributed by atoms with E-state index in [1.54, 1.807) is 6.07 Å². The molecular formula is C12H16N4O4. The molecule has 1 aromatic heterocycles. The fraction of sp³-hybridized carbons (Fsp3) is 0.500. The molecule has 2 N–H and O–H groups in total. The molecule has 8 heteroatoms. The summed E-state index contributed by atoms with van der Waals surface area (Å²) in [7, 11) is 0. The summed E-state index contributed by atoms with van der Waals surface area (Å²) < 4.78 is 4.65. The minimum atomic E-state index is -0.502. The van der Waals surface area contributed by atoms with Crippen molar-refractivity contribution < 1.29 is 14.7 Å². The van der Waals surface area contributed by atoms with Crippen molar-refractivity contribution in [3.05, 3.63) is 21.7 Å². The third kappa shape index (κ3) is 2.55. The molecule has 0 fully saturated rings. The Hall–Kier alpha value is -2.22. The van der Waals surface area contributed by atoms with Crippen LogP contribution < -0.4 is 5.32 Å². The van der Waals surface area contributed by atoms with Gasteiger partial charge in [0.05, 0.1) is 4.92 Å². The van der Waals surface area contributed by atoms with Crippen molar-refractivity contribution >= 4 is 22.4 Å². The van der Waals surface area contributed by atoms with E-state index in [0.29, 0.717) is 24.2 Å². The van der Waals surface area contributed by atoms with E-state index in [-0.39, 0.29) is 23.7 Å². The highest BCUT2D eigenvalue weighted by Gasteiger charge is 2.26. The Morgan fingerprint density at radius 1 is 1.45 bits per heavy atom. The van der Waals surface area contributed by atoms with Gasteiger partial charge in [0, 0.05) is 13.2 Å². The largest absolute Gasteiger partial charge is 0.396 e. The maximum atomic E-state index is 11.3. The summed E-state index contributed by atoms with van der Waals surface area (Å²) in [5.41, 5.74) is 1.62. The van der Waals surface area contributed by atoms with Gasteiger partial charge in [0.25, 0.3) is 0 Å². The van der Waals surface area contributed by atoms with E-state index in [1.165, 1.54) is 0 Å². The molecule has 2 rings (SSSR count). The number of aromatic nitrogens is 2. The number of aliphatic hydroxyl groups excluding tert-OH is 1. The monoisotopic (exact) mass is 280 g/mol. The first kappa shape index (κ1) is 14.2. The number of benzene rings is 1. The van der Waals surface area contributed by atoms with Crippen molar-refractivity contribution in [1.82, 2.24) is 10.3 Å². The number of nitrogens with one attached hydrogen (secondary N) is 1. The van der Waals surface area contributed by atoms with E-state index < -0.39 is 4.92 Å². The highest BCUT2D eigenvalue weighted by molar-refractivity contribution is 5.93. The van der Waals surface area contributed by atoms with Crippen LogP contribution >= 0.6 is 0 Å². The lowest BCUT2D eigenvalue weighted by molar-refractivity contribution is -0.382. The second-order valence-corrected chi connectivity index (χ2v) is 4.74. The van der Waals surface area contributed by atoms with Gasteiger partial charge in [-0.3, -0.25) is 10.1 Å². The summed E-state index contributed by atoms with van der Waals surface area (Å²) in [6, 6.07) is 1.70. The minimum absolute atomic E-state index is 0.0194. The van der Waals surface area contributed by atoms with Crippen molar-refractivity contribution in [2.75, 3.05) is 18.5 Å². The highest BCUT2D eigenvalue weighted by atomic mass is 16.6. The van der Waals surface area contributed by atoms with Crippen LogP contribution in [-0.2, 0) is 0 Å². The lowest BCUT2D eigenvalue weighted by Gasteiger charge is -2.11. The molecule has 0 amide bonds. The van der Waals surface area contributed by atoms with Crippen molar-refractivity contribution in [1.29, 1.82) is 0 Å². The maximum absolute atomic E-state index is 11.3. The molecule has 0 aliphatic heterocycles. The van der Waals surface area contributed by atoms with Crippen molar-refractivity contribution in [3.8, 4) is 0 Å². The van der Waals surface area contributed by atoms with Crippen LogP contribution in [0.4, 0.5) is 11.4 Å². The molecule has 0 radical (unpaired) electrons. The fourth-order valence-corrected chi connectivity index (χ4v) is 2.01. The van der Waals surface area contributed by atoms with Gasteiger partial charge in [-0.25, -0.2) is 4.63 Å². The summed E-state index contributed by atoms with van der Waals surface area (Å²) in [6.45, 7) is 4.39. The van der Waals surface area contributed by atoms with Crippen LogP contribution in [0.5, 0.6) is 0 Å². The van der Waals surface area contributed by atoms with Crippen LogP contribution in [0.2, 0.25) is 0 Å². The van der Waals surface area contributed by atoms with Crippen LogP contribution in [0, 0.1) is 10.1 Å². The van der Waals surface area contributed by atoms with Gasteiger partial charge in [-0.05, 0) is 34.3 Å². The molecule has 2 aromatic rings. The number of nitrogens with zero attached hydrogens (tertiary/aromatic N) is 3. The fourth-order valence-electron chi connectivity index (χ4n) is 2.01. The summed E-state index contributed by atoms with van der Waals surface area (Å²) >= 11 is 0. The van der Waals surface area contributed by atoms with Gasteiger partial charge in [0.1, 0.15) is 11.2 Å². The SMILES string of the molecule is CC(C)c1cc(NCCCO)c([N+](=O)[O-])c2nonc12. The Balaban J connectivity index is 2.57. The van der Waals surface area contributed by atoms with Crippen molar-refractivity contribution in [2.45, 2.75) is 26.2 Å². The average Bonchev–Trinajstić information content (AvgIpc) is 2.85. The number of nitro benzene ring substituents is 1. The van der Waals surface area contributed by atoms with E-state index in [9.17, 15) is 10.1 Å². The molecule has 0 spiro atoms. The lowest BCUT2D eigenvalue weighted by atomic mass is 9.99. The summed E-state index contributed by atoms with van der Waals surface area (Å²) in [5, 5.41) is 30.4. The number of anilines is 1. The maximum Gasteiger partial charge on any atom is 0.323 e. The molecule has 1 aromatic carbocycles. The lowest BCUT2D eigenvalue weighted by Crippen LogP contribution is -2.07. The molecular weight excluding hydrogens is 264 g/mol. The molecule has 0 saturated carbocycles. The summed E-state index contributed by atoms with van der Waals surface area (Å²) in [5.74, 6) is 0.128. The molecule has 0 aliphatic carbocycles. The standard InChI is InChI=1S/C12H16N4O4/c1-7(2)8-6-9(13-4-3-5-17)12(16(18)19)11-10(8)14-20-15-11/h6-7,13,17H,3-5H2,1-2H3. The molecule has 108 valence electrons. The van der Waals surface area contributed by atoms with Gasteiger partial charge in [0.2, 0.25) is 5.52 Å². The summed E-state index contributed by atoms with van der Waals surface area (Å²) in [6.07, 6.45) is 0.503. The van der Waals surface area contributed by atoms with Gasteiger partial charge in [-0.15, -0.1) is 0 Å². The van der Waals surface area contributed by atoms with Crippen molar-refractivity contribution in [3.63, 3.8) is 0 Å². The molecule has 1 heterocycles. The van der Waals surface area contributed by atoms with Crippen LogP contribution in [0.25, 0.3) is 11.0 Å². The van der Waals surface area contributed by atoms with E-state index in [1.807, 2.05) is 13.8 Å². The summed E-state index contributed by atoms with van der Waals surface area (Å²) in [4.78, 5) is 10.8. The zero-order valence-corrected chi connectivity index (χ0v) is 11.3. The number of hydrogen-bond donors (Lipinski definition) is 2. The topological polar surface area (TPSA) is 114 Å². The predicted octanol–water partition coefficient (Wildman–Crippen LogP) is 2.05. The van der Waals surface area contributed by atoms with E-state index in [4.69, 9.17) is 5.11 Å². The van der Waals surface area contributed by atoms with Crippen LogP contribution in [0.1, 0.15) is 31.7 Å². The Morgan fingerprint density at radius 2 is 2.15 bits per heavy atom. The Bertz CT molecular complexity index is 623. The smallest absolute Gasteiger partial charge is 0.323 e. The number of fused-ring (bicyclic) bond motifs is 1. The zero-order chi connectivity index (χ0) is 14.7. The van der Waals surface area contributed by atoms with E-state index in [0.717, 1.165) is 5.56 Å². The number of hydrogen-bond acceptors (Lipinski definition) is 7. The van der Waals surface area contributed by atoms with E-state index in [2.05, 4.69) is 20.3 Å². The highest BCUT2D eigenvalue weighted by Crippen LogP contribution is 2.36. The zero-order valence-electron chi connectivity index (χ0n) is 11.3. The molecule has 0 unspecified atom stereocenters. The normalized spacial score (nSPS) is 11.2. The molecule has 8 nitrogen and oxygen atoms in total. The van der Waals surface area contributed by atoms with Crippen LogP contribution in [-0.4, -0.2) is 33.5 Å². The van der Waals surface area contributed by atoms with Gasteiger partial charge >= 0.3 is 5.69 Å². The van der Waals surface area contributed by atoms with Gasteiger partial charge in [0.15, 0.2) is 0 Å². The van der Waals surface area contributed by atoms with Crippen molar-refractivity contribution in [2.24, 2.45) is 0 Å². The quantitative estimate of drug-likeness (QED) is 0.472. The third-order valence-corrected chi connectivity index (χ3v) is 3.00. The second-order valence-electron chi connectivity index (χ2n) is 4.74. The number of aliphatic hydroxyl groups is 1. The van der Waals surface area contributed by atoms with Gasteiger partial charge in [-0.1, -0.05) is 13.8 Å². The molecule has 20 heavy (non-hydrogen) atoms. The molecule has 0 bridgehead atoms. The van der Waals surface area contributed by atoms with E-state index >= 15 is 0 Å². The van der Waals surface area contributed by atoms with Crippen LogP contribution in [0.15, 0.2) is 10.7 Å². The van der Waals surface area contributed by atoms with Crippen LogP contribution in [0.3, 0.4) is 0 Å². The first-order valence-corrected chi connectivity index (χ1v) is 6.34. The predicted molar refractivity (Wildman–Crippen MR) is 72.7 cm³/mol. The number of rotatable bonds is 6. The minimum Gasteiger partial charge on any atom is -0.396 e. The first-order chi connectivity index (χ1) is 9.56. The Kier molecular flexibility index (Phi) is 4.14. The third-order valence-electron chi connectivity index (χ3n) is 3.00. The Morgan fingerprint density at radius 3 is 2.75 bits per heavy atom. The van der Waals surface area contributed by atoms with Gasteiger partial charge < -0.3 is 10.4 Å². The second kappa shape index (κ2) is 5.83. The first-order valence-electron chi connectivity index (χ1n) is 6.34. The molecule has 0 aliphatic rings. The number of nitro groups is 1.